The van der Waals surface area contributed by atoms with Crippen LogP contribution in [0.1, 0.15) is 10.4 Å². The van der Waals surface area contributed by atoms with Gasteiger partial charge in [0.25, 0.3) is 11.6 Å². The monoisotopic (exact) mass is 424 g/mol. The highest BCUT2D eigenvalue weighted by molar-refractivity contribution is 6.42. The van der Waals surface area contributed by atoms with Gasteiger partial charge < -0.3 is 15.1 Å². The average molecular weight is 425 g/mol. The molecule has 0 atom stereocenters. The molecule has 0 radical (unpaired) electrons. The predicted octanol–water partition coefficient (Wildman–Crippen LogP) is 3.68. The minimum absolute atomic E-state index is 0.129. The van der Waals surface area contributed by atoms with E-state index in [1.165, 1.54) is 36.2 Å². The van der Waals surface area contributed by atoms with E-state index in [4.69, 9.17) is 23.2 Å². The molecule has 2 rings (SSSR count). The first kappa shape index (κ1) is 21.5. The summed E-state index contributed by atoms with van der Waals surface area (Å²) < 4.78 is 0. The average Bonchev–Trinajstić information content (AvgIpc) is 2.63. The lowest BCUT2D eigenvalue weighted by atomic mass is 10.1. The second-order valence-corrected chi connectivity index (χ2v) is 7.01. The maximum Gasteiger partial charge on any atom is 0.270 e. The van der Waals surface area contributed by atoms with E-state index in [9.17, 15) is 19.7 Å². The number of nitro groups is 1. The maximum absolute atomic E-state index is 12.8. The molecular formula is C18H18Cl2N4O4. The highest BCUT2D eigenvalue weighted by Gasteiger charge is 2.22. The highest BCUT2D eigenvalue weighted by Crippen LogP contribution is 2.26. The smallest absolute Gasteiger partial charge is 0.270 e. The molecule has 1 N–H and O–H groups in total. The molecule has 0 fully saturated rings. The van der Waals surface area contributed by atoms with E-state index in [0.29, 0.717) is 16.4 Å². The van der Waals surface area contributed by atoms with Crippen LogP contribution >= 0.6 is 23.2 Å². The lowest BCUT2D eigenvalue weighted by Crippen LogP contribution is -2.35. The van der Waals surface area contributed by atoms with E-state index < -0.39 is 16.7 Å². The van der Waals surface area contributed by atoms with Crippen LogP contribution in [0.5, 0.6) is 0 Å². The first-order valence-corrected chi connectivity index (χ1v) is 8.82. The predicted molar refractivity (Wildman–Crippen MR) is 109 cm³/mol. The molecule has 0 bridgehead atoms. The molecule has 0 spiro atoms. The van der Waals surface area contributed by atoms with Gasteiger partial charge in [-0.1, -0.05) is 23.2 Å². The van der Waals surface area contributed by atoms with E-state index in [-0.39, 0.29) is 22.8 Å². The quantitative estimate of drug-likeness (QED) is 0.563. The number of benzene rings is 2. The topological polar surface area (TPSA) is 95.8 Å². The Morgan fingerprint density at radius 2 is 1.75 bits per heavy atom. The van der Waals surface area contributed by atoms with Gasteiger partial charge in [-0.2, -0.15) is 0 Å². The second kappa shape index (κ2) is 8.90. The van der Waals surface area contributed by atoms with Crippen LogP contribution in [0.4, 0.5) is 17.1 Å². The molecule has 0 aromatic heterocycles. The number of nitrogens with one attached hydrogen (secondary N) is 1. The number of amides is 2. The molecule has 28 heavy (non-hydrogen) atoms. The largest absolute Gasteiger partial charge is 0.377 e. The van der Waals surface area contributed by atoms with Gasteiger partial charge in [-0.25, -0.2) is 0 Å². The molecule has 10 heteroatoms. The van der Waals surface area contributed by atoms with Crippen molar-refractivity contribution in [3.8, 4) is 0 Å². The third-order valence-electron chi connectivity index (χ3n) is 3.83. The normalized spacial score (nSPS) is 10.3. The van der Waals surface area contributed by atoms with Crippen LogP contribution in [0.25, 0.3) is 0 Å². The Balaban J connectivity index is 2.17. The van der Waals surface area contributed by atoms with E-state index >= 15 is 0 Å². The Kier molecular flexibility index (Phi) is 6.82. The Bertz CT molecular complexity index is 934. The van der Waals surface area contributed by atoms with Crippen molar-refractivity contribution in [2.24, 2.45) is 0 Å². The minimum Gasteiger partial charge on any atom is -0.377 e. The van der Waals surface area contributed by atoms with Crippen LogP contribution in [-0.2, 0) is 4.79 Å². The molecule has 8 nitrogen and oxygen atoms in total. The van der Waals surface area contributed by atoms with Crippen molar-refractivity contribution in [2.75, 3.05) is 37.9 Å². The number of rotatable bonds is 6. The molecule has 0 unspecified atom stereocenters. The second-order valence-electron chi connectivity index (χ2n) is 6.19. The summed E-state index contributed by atoms with van der Waals surface area (Å²) in [4.78, 5) is 38.4. The number of likely N-dealkylation sites (N-methyl/N-ethyl adjacent to an activating group) is 1. The van der Waals surface area contributed by atoms with Gasteiger partial charge in [-0.3, -0.25) is 19.7 Å². The zero-order valence-corrected chi connectivity index (χ0v) is 16.9. The highest BCUT2D eigenvalue weighted by atomic mass is 35.5. The number of non-ortho nitro benzene ring substituents is 1. The van der Waals surface area contributed by atoms with Crippen molar-refractivity contribution < 1.29 is 14.5 Å². The Morgan fingerprint density at radius 1 is 1.07 bits per heavy atom. The first-order valence-electron chi connectivity index (χ1n) is 8.06. The van der Waals surface area contributed by atoms with Crippen LogP contribution in [0.2, 0.25) is 10.0 Å². The van der Waals surface area contributed by atoms with Crippen LogP contribution in [0, 0.1) is 10.1 Å². The molecular weight excluding hydrogens is 407 g/mol. The molecule has 0 aliphatic carbocycles. The minimum atomic E-state index is -0.576. The summed E-state index contributed by atoms with van der Waals surface area (Å²) in [6, 6.07) is 8.64. The Hall–Kier alpha value is -2.84. The number of carbonyl (C=O) groups excluding carboxylic acids is 2. The molecule has 0 aliphatic heterocycles. The van der Waals surface area contributed by atoms with E-state index in [1.54, 1.807) is 31.1 Å². The molecule has 0 saturated carbocycles. The van der Waals surface area contributed by atoms with Crippen molar-refractivity contribution >= 4 is 52.1 Å². The Morgan fingerprint density at radius 3 is 2.32 bits per heavy atom. The van der Waals surface area contributed by atoms with Gasteiger partial charge in [-0.15, -0.1) is 0 Å². The van der Waals surface area contributed by atoms with Crippen molar-refractivity contribution in [3.05, 3.63) is 62.1 Å². The summed E-state index contributed by atoms with van der Waals surface area (Å²) in [5, 5.41) is 14.3. The van der Waals surface area contributed by atoms with Gasteiger partial charge in [0.1, 0.15) is 0 Å². The zero-order chi connectivity index (χ0) is 21.0. The molecule has 2 aromatic rings. The van der Waals surface area contributed by atoms with Crippen molar-refractivity contribution in [2.45, 2.75) is 0 Å². The van der Waals surface area contributed by atoms with E-state index in [0.717, 1.165) is 0 Å². The number of carbonyl (C=O) groups is 2. The van der Waals surface area contributed by atoms with Crippen molar-refractivity contribution in [3.63, 3.8) is 0 Å². The molecule has 2 amide bonds. The summed E-state index contributed by atoms with van der Waals surface area (Å²) in [6.07, 6.45) is 0. The standard InChI is InChI=1S/C18H18Cl2N4O4/c1-22(2)16-7-5-12(24(27)28)9-13(16)18(26)23(3)10-17(25)21-11-4-6-14(19)15(20)8-11/h4-9H,10H2,1-3H3,(H,21,25). The lowest BCUT2D eigenvalue weighted by molar-refractivity contribution is -0.384. The number of hydrogen-bond acceptors (Lipinski definition) is 5. The SMILES string of the molecule is CN(CC(=O)Nc1ccc(Cl)c(Cl)c1)C(=O)c1cc([N+](=O)[O-])ccc1N(C)C. The third kappa shape index (κ3) is 5.11. The molecule has 0 aliphatic rings. The van der Waals surface area contributed by atoms with Gasteiger partial charge >= 0.3 is 0 Å². The molecule has 148 valence electrons. The fourth-order valence-electron chi connectivity index (χ4n) is 2.47. The summed E-state index contributed by atoms with van der Waals surface area (Å²) >= 11 is 11.8. The summed E-state index contributed by atoms with van der Waals surface area (Å²) in [5.74, 6) is -0.970. The van der Waals surface area contributed by atoms with Gasteiger partial charge in [0.05, 0.1) is 27.1 Å². The fourth-order valence-corrected chi connectivity index (χ4v) is 2.76. The number of anilines is 2. The first-order chi connectivity index (χ1) is 13.1. The number of hydrogen-bond donors (Lipinski definition) is 1. The van der Waals surface area contributed by atoms with Crippen LogP contribution < -0.4 is 10.2 Å². The van der Waals surface area contributed by atoms with Gasteiger partial charge in [0.2, 0.25) is 5.91 Å². The van der Waals surface area contributed by atoms with E-state index in [1.807, 2.05) is 0 Å². The molecule has 0 heterocycles. The van der Waals surface area contributed by atoms with Crippen molar-refractivity contribution in [1.82, 2.24) is 4.90 Å². The van der Waals surface area contributed by atoms with Gasteiger partial charge in [-0.05, 0) is 24.3 Å². The molecule has 0 saturated heterocycles. The maximum atomic E-state index is 12.8. The van der Waals surface area contributed by atoms with Crippen LogP contribution in [-0.4, -0.2) is 49.3 Å². The van der Waals surface area contributed by atoms with E-state index in [2.05, 4.69) is 5.32 Å². The van der Waals surface area contributed by atoms with Crippen LogP contribution in [0.15, 0.2) is 36.4 Å². The summed E-state index contributed by atoms with van der Waals surface area (Å²) in [5.41, 5.74) is 0.864. The summed E-state index contributed by atoms with van der Waals surface area (Å²) in [6.45, 7) is -0.255. The Labute approximate surface area is 171 Å². The zero-order valence-electron chi connectivity index (χ0n) is 15.4. The van der Waals surface area contributed by atoms with Crippen molar-refractivity contribution in [1.29, 1.82) is 0 Å². The number of halogens is 2. The van der Waals surface area contributed by atoms with Gasteiger partial charge in [0.15, 0.2) is 0 Å². The van der Waals surface area contributed by atoms with Gasteiger partial charge in [0, 0.05) is 44.7 Å². The summed E-state index contributed by atoms with van der Waals surface area (Å²) in [7, 11) is 4.87. The fraction of sp³-hybridized carbons (Fsp3) is 0.222. The van der Waals surface area contributed by atoms with Crippen LogP contribution in [0.3, 0.4) is 0 Å². The third-order valence-corrected chi connectivity index (χ3v) is 4.57. The lowest BCUT2D eigenvalue weighted by Gasteiger charge is -2.21. The molecule has 2 aromatic carbocycles. The number of nitrogens with zero attached hydrogens (tertiary/aromatic N) is 3. The number of nitro benzene ring substituents is 1.